The number of rotatable bonds is 50. The average Bonchev–Trinajstić information content (AvgIpc) is 3.29. The molecule has 0 aromatic heterocycles. The molecule has 378 valence electrons. The normalized spacial score (nSPS) is 13.0. The van der Waals surface area contributed by atoms with Crippen molar-refractivity contribution in [2.45, 2.75) is 277 Å². The summed E-state index contributed by atoms with van der Waals surface area (Å²) in [5.41, 5.74) is 0. The second-order valence-electron chi connectivity index (χ2n) is 19.6. The topological polar surface area (TPSA) is 41.6 Å². The molecular weight excluding hydrogens is 793 g/mol. The van der Waals surface area contributed by atoms with Gasteiger partial charge in [-0.3, -0.25) is 0 Å². The summed E-state index contributed by atoms with van der Waals surface area (Å²) in [6, 6.07) is 0. The molecule has 1 atom stereocenters. The molecule has 0 aliphatic rings. The summed E-state index contributed by atoms with van der Waals surface area (Å²) in [5.74, 6) is 0.462. The fraction of sp³-hybridized carbons (Fsp3) is 0.787. The van der Waals surface area contributed by atoms with Crippen molar-refractivity contribution in [1.29, 1.82) is 0 Å². The van der Waals surface area contributed by atoms with Gasteiger partial charge in [-0.05, 0) is 142 Å². The van der Waals surface area contributed by atoms with E-state index in [1.165, 1.54) is 218 Å². The van der Waals surface area contributed by atoms with Crippen LogP contribution in [0, 0.1) is 5.92 Å². The second-order valence-corrected chi connectivity index (χ2v) is 19.6. The van der Waals surface area contributed by atoms with Crippen molar-refractivity contribution in [2.24, 2.45) is 5.92 Å². The Hall–Kier alpha value is -2.33. The van der Waals surface area contributed by atoms with E-state index in [0.717, 1.165) is 38.6 Å². The largest absolute Gasteiger partial charge is 0.446 e. The van der Waals surface area contributed by atoms with Crippen LogP contribution in [-0.4, -0.2) is 44.3 Å². The first kappa shape index (κ1) is 62.7. The first-order valence-electron chi connectivity index (χ1n) is 28.5. The lowest BCUT2D eigenvalue weighted by Gasteiger charge is -2.28. The van der Waals surface area contributed by atoms with Crippen LogP contribution in [0.5, 0.6) is 0 Å². The molecule has 0 heterocycles. The van der Waals surface area contributed by atoms with Crippen LogP contribution in [0.2, 0.25) is 0 Å². The van der Waals surface area contributed by atoms with E-state index in [4.69, 9.17) is 4.74 Å². The SMILES string of the molecule is CCCCC/C=C\C/C=C\CCCCCCCCC(CCCCCCCC/C=C\C/C=C\CCCCC)C(CCCCCCCC/C=C\C/C=C\CCCCC)OC(=O)NCCN(C)C. The quantitative estimate of drug-likeness (QED) is 0.0488. The number of amides is 1. The van der Waals surface area contributed by atoms with E-state index in [0.29, 0.717) is 12.5 Å². The van der Waals surface area contributed by atoms with Crippen molar-refractivity contribution in [2.75, 3.05) is 27.2 Å². The molecule has 0 aliphatic heterocycles. The minimum absolute atomic E-state index is 0.0242. The van der Waals surface area contributed by atoms with Gasteiger partial charge in [-0.2, -0.15) is 0 Å². The molecule has 65 heavy (non-hydrogen) atoms. The van der Waals surface area contributed by atoms with E-state index >= 15 is 0 Å². The summed E-state index contributed by atoms with van der Waals surface area (Å²) in [6.45, 7) is 8.27. The van der Waals surface area contributed by atoms with Gasteiger partial charge in [-0.25, -0.2) is 4.79 Å². The van der Waals surface area contributed by atoms with Gasteiger partial charge >= 0.3 is 6.09 Å². The van der Waals surface area contributed by atoms with Gasteiger partial charge in [0.1, 0.15) is 6.10 Å². The Kier molecular flexibility index (Phi) is 52.3. The first-order valence-corrected chi connectivity index (χ1v) is 28.5. The highest BCUT2D eigenvalue weighted by Crippen LogP contribution is 2.28. The summed E-state index contributed by atoms with van der Waals surface area (Å²) in [4.78, 5) is 15.3. The molecule has 0 radical (unpaired) electrons. The predicted octanol–water partition coefficient (Wildman–Crippen LogP) is 19.9. The number of nitrogens with zero attached hydrogens (tertiary/aromatic N) is 1. The predicted molar refractivity (Wildman–Crippen MR) is 292 cm³/mol. The monoisotopic (exact) mass is 905 g/mol. The number of alkyl carbamates (subject to hydrolysis) is 1. The Morgan fingerprint density at radius 1 is 0.400 bits per heavy atom. The van der Waals surface area contributed by atoms with Crippen LogP contribution >= 0.6 is 0 Å². The van der Waals surface area contributed by atoms with E-state index in [1.807, 2.05) is 0 Å². The summed E-state index contributed by atoms with van der Waals surface area (Å²) < 4.78 is 6.38. The van der Waals surface area contributed by atoms with Crippen molar-refractivity contribution >= 4 is 6.09 Å². The molecule has 0 bridgehead atoms. The zero-order chi connectivity index (χ0) is 47.2. The highest BCUT2D eigenvalue weighted by molar-refractivity contribution is 5.67. The molecule has 0 aromatic rings. The number of allylic oxidation sites excluding steroid dienone is 12. The summed E-state index contributed by atoms with van der Waals surface area (Å²) >= 11 is 0. The number of carbonyl (C=O) groups is 1. The van der Waals surface area contributed by atoms with Crippen molar-refractivity contribution in [3.05, 3.63) is 72.9 Å². The van der Waals surface area contributed by atoms with E-state index < -0.39 is 0 Å². The highest BCUT2D eigenvalue weighted by atomic mass is 16.6. The zero-order valence-corrected chi connectivity index (χ0v) is 44.3. The lowest BCUT2D eigenvalue weighted by molar-refractivity contribution is 0.0460. The van der Waals surface area contributed by atoms with Crippen molar-refractivity contribution in [1.82, 2.24) is 10.2 Å². The van der Waals surface area contributed by atoms with E-state index in [-0.39, 0.29) is 12.2 Å². The van der Waals surface area contributed by atoms with Crippen LogP contribution in [0.1, 0.15) is 271 Å². The molecule has 0 saturated heterocycles. The van der Waals surface area contributed by atoms with Crippen LogP contribution in [0.25, 0.3) is 0 Å². The van der Waals surface area contributed by atoms with Gasteiger partial charge in [0.05, 0.1) is 0 Å². The van der Waals surface area contributed by atoms with Gasteiger partial charge in [-0.15, -0.1) is 0 Å². The van der Waals surface area contributed by atoms with Crippen LogP contribution < -0.4 is 5.32 Å². The van der Waals surface area contributed by atoms with Gasteiger partial charge in [0.25, 0.3) is 0 Å². The van der Waals surface area contributed by atoms with E-state index in [1.54, 1.807) is 0 Å². The van der Waals surface area contributed by atoms with Crippen LogP contribution in [0.4, 0.5) is 4.79 Å². The molecule has 0 rings (SSSR count). The summed E-state index contributed by atoms with van der Waals surface area (Å²) in [6.07, 6.45) is 77.3. The Morgan fingerprint density at radius 2 is 0.692 bits per heavy atom. The number of nitrogens with one attached hydrogen (secondary N) is 1. The minimum Gasteiger partial charge on any atom is -0.446 e. The van der Waals surface area contributed by atoms with Gasteiger partial charge in [0, 0.05) is 13.1 Å². The molecule has 0 fully saturated rings. The average molecular weight is 906 g/mol. The van der Waals surface area contributed by atoms with Gasteiger partial charge in [0.15, 0.2) is 0 Å². The molecule has 0 saturated carbocycles. The molecule has 0 spiro atoms. The maximum Gasteiger partial charge on any atom is 0.407 e. The number of hydrogen-bond donors (Lipinski definition) is 1. The number of hydrogen-bond acceptors (Lipinski definition) is 3. The highest BCUT2D eigenvalue weighted by Gasteiger charge is 2.24. The third-order valence-corrected chi connectivity index (χ3v) is 12.9. The zero-order valence-electron chi connectivity index (χ0n) is 44.3. The molecule has 1 N–H and O–H groups in total. The van der Waals surface area contributed by atoms with Crippen molar-refractivity contribution in [3.8, 4) is 0 Å². The van der Waals surface area contributed by atoms with Crippen molar-refractivity contribution < 1.29 is 9.53 Å². The van der Waals surface area contributed by atoms with E-state index in [9.17, 15) is 4.79 Å². The standard InChI is InChI=1S/C61H112N2O2/c1-6-9-12-15-18-21-24-27-30-33-36-39-42-45-48-51-54-59(55-52-49-46-43-40-37-34-31-28-25-22-19-16-13-10-7-2)60(65-61(64)62-57-58-63(4)5)56-53-50-47-44-41-38-35-32-29-26-23-20-17-14-11-8-3/h18-23,27-32,59-60H,6-17,24-26,33-58H2,1-5H3,(H,62,64)/b21-18-,22-19-,23-20-,30-27-,31-28-,32-29-. The number of carbonyl (C=O) groups excluding carboxylic acids is 1. The number of unbranched alkanes of at least 4 members (excludes halogenated alkanes) is 27. The van der Waals surface area contributed by atoms with Crippen molar-refractivity contribution in [3.63, 3.8) is 0 Å². The first-order chi connectivity index (χ1) is 32.0. The fourth-order valence-electron chi connectivity index (χ4n) is 8.59. The molecule has 0 aliphatic carbocycles. The third kappa shape index (κ3) is 50.9. The molecule has 4 heteroatoms. The summed E-state index contributed by atoms with van der Waals surface area (Å²) in [5, 5.41) is 3.08. The Balaban J connectivity index is 4.98. The van der Waals surface area contributed by atoms with Gasteiger partial charge in [0.2, 0.25) is 0 Å². The smallest absolute Gasteiger partial charge is 0.407 e. The lowest BCUT2D eigenvalue weighted by Crippen LogP contribution is -2.36. The maximum atomic E-state index is 13.2. The third-order valence-electron chi connectivity index (χ3n) is 12.9. The maximum absolute atomic E-state index is 13.2. The number of likely N-dealkylation sites (N-methyl/N-ethyl adjacent to an activating group) is 1. The number of ether oxygens (including phenoxy) is 1. The van der Waals surface area contributed by atoms with Gasteiger partial charge in [-0.1, -0.05) is 222 Å². The fourth-order valence-corrected chi connectivity index (χ4v) is 8.59. The Bertz CT molecular complexity index is 1080. The summed E-state index contributed by atoms with van der Waals surface area (Å²) in [7, 11) is 4.11. The molecule has 4 nitrogen and oxygen atoms in total. The molecule has 1 unspecified atom stereocenters. The van der Waals surface area contributed by atoms with Gasteiger partial charge < -0.3 is 15.0 Å². The molecule has 1 amide bonds. The molecule has 0 aromatic carbocycles. The Labute approximate surface area is 407 Å². The van der Waals surface area contributed by atoms with Crippen LogP contribution in [-0.2, 0) is 4.74 Å². The lowest BCUT2D eigenvalue weighted by atomic mass is 9.87. The van der Waals surface area contributed by atoms with E-state index in [2.05, 4.69) is 118 Å². The molecular formula is C61H112N2O2. The van der Waals surface area contributed by atoms with Crippen LogP contribution in [0.15, 0.2) is 72.9 Å². The second kappa shape index (κ2) is 54.3. The minimum atomic E-state index is -0.212. The Morgan fingerprint density at radius 3 is 1.02 bits per heavy atom. The van der Waals surface area contributed by atoms with Crippen LogP contribution in [0.3, 0.4) is 0 Å².